The molecule has 0 saturated carbocycles. The van der Waals surface area contributed by atoms with Gasteiger partial charge in [-0.15, -0.1) is 0 Å². The van der Waals surface area contributed by atoms with E-state index in [9.17, 15) is 10.2 Å². The molecule has 0 amide bonds. The van der Waals surface area contributed by atoms with E-state index in [1.807, 2.05) is 0 Å². The average molecular weight is 176 g/mol. The Labute approximate surface area is 72.1 Å². The second kappa shape index (κ2) is 5.48. The molecule has 0 aromatic rings. The minimum absolute atomic E-state index is 0.343. The highest BCUT2D eigenvalue weighted by Crippen LogP contribution is 2.01. The lowest BCUT2D eigenvalue weighted by molar-refractivity contribution is -0.0361. The molecule has 12 heavy (non-hydrogen) atoms. The Balaban J connectivity index is 2.20. The van der Waals surface area contributed by atoms with E-state index < -0.39 is 12.2 Å². The normalized spacial score (nSPS) is 34.5. The first-order valence-corrected chi connectivity index (χ1v) is 4.30. The zero-order valence-corrected chi connectivity index (χ0v) is 7.11. The summed E-state index contributed by atoms with van der Waals surface area (Å²) in [5, 5.41) is 18.5. The molecule has 2 unspecified atom stereocenters. The van der Waals surface area contributed by atoms with Gasteiger partial charge in [-0.3, -0.25) is 0 Å². The van der Waals surface area contributed by atoms with Crippen molar-refractivity contribution in [3.8, 4) is 0 Å². The molecule has 72 valence electrons. The van der Waals surface area contributed by atoms with Crippen molar-refractivity contribution in [2.45, 2.75) is 25.0 Å². The fraction of sp³-hybridized carbons (Fsp3) is 1.00. The molecule has 2 N–H and O–H groups in total. The molecular formula is C8H16O4. The van der Waals surface area contributed by atoms with E-state index in [1.54, 1.807) is 0 Å². The molecule has 4 heteroatoms. The Morgan fingerprint density at radius 2 is 1.25 bits per heavy atom. The van der Waals surface area contributed by atoms with E-state index in [4.69, 9.17) is 9.47 Å². The Morgan fingerprint density at radius 3 is 1.67 bits per heavy atom. The van der Waals surface area contributed by atoms with Gasteiger partial charge in [-0.05, 0) is 12.8 Å². The predicted octanol–water partition coefficient (Wildman–Crippen LogP) is -0.465. The quantitative estimate of drug-likeness (QED) is 0.524. The van der Waals surface area contributed by atoms with Gasteiger partial charge < -0.3 is 19.7 Å². The molecule has 4 nitrogen and oxygen atoms in total. The maximum Gasteiger partial charge on any atom is 0.0795 e. The molecule has 1 aliphatic rings. The van der Waals surface area contributed by atoms with Gasteiger partial charge in [0.2, 0.25) is 0 Å². The largest absolute Gasteiger partial charge is 0.391 e. The number of aliphatic hydroxyl groups excluding tert-OH is 2. The van der Waals surface area contributed by atoms with Crippen LogP contribution in [0.25, 0.3) is 0 Å². The van der Waals surface area contributed by atoms with Gasteiger partial charge in [-0.2, -0.15) is 0 Å². The molecule has 0 aromatic carbocycles. The second-order valence-corrected chi connectivity index (χ2v) is 3.03. The second-order valence-electron chi connectivity index (χ2n) is 3.03. The Hall–Kier alpha value is -0.160. The maximum atomic E-state index is 9.23. The van der Waals surface area contributed by atoms with Crippen LogP contribution < -0.4 is 0 Å². The lowest BCUT2D eigenvalue weighted by Gasteiger charge is -2.17. The van der Waals surface area contributed by atoms with Crippen molar-refractivity contribution in [3.05, 3.63) is 0 Å². The van der Waals surface area contributed by atoms with Crippen molar-refractivity contribution >= 4 is 0 Å². The van der Waals surface area contributed by atoms with Crippen molar-refractivity contribution in [1.29, 1.82) is 0 Å². The fourth-order valence-electron chi connectivity index (χ4n) is 1.04. The minimum Gasteiger partial charge on any atom is -0.391 e. The van der Waals surface area contributed by atoms with Crippen LogP contribution in [-0.4, -0.2) is 48.8 Å². The zero-order valence-electron chi connectivity index (χ0n) is 7.11. The Kier molecular flexibility index (Phi) is 4.53. The molecule has 0 spiro atoms. The fourth-order valence-corrected chi connectivity index (χ4v) is 1.04. The molecule has 1 saturated heterocycles. The molecule has 1 fully saturated rings. The zero-order chi connectivity index (χ0) is 8.81. The van der Waals surface area contributed by atoms with Gasteiger partial charge in [0.1, 0.15) is 0 Å². The first-order chi connectivity index (χ1) is 5.79. The molecule has 0 bridgehead atoms. The summed E-state index contributed by atoms with van der Waals surface area (Å²) in [6, 6.07) is 0. The monoisotopic (exact) mass is 176 g/mol. The summed E-state index contributed by atoms with van der Waals surface area (Å²) in [5.41, 5.74) is 0. The van der Waals surface area contributed by atoms with Crippen molar-refractivity contribution in [2.75, 3.05) is 26.4 Å². The van der Waals surface area contributed by atoms with Crippen LogP contribution >= 0.6 is 0 Å². The summed E-state index contributed by atoms with van der Waals surface area (Å²) < 4.78 is 10.3. The molecule has 1 rings (SSSR count). The van der Waals surface area contributed by atoms with Gasteiger partial charge >= 0.3 is 0 Å². The van der Waals surface area contributed by atoms with Gasteiger partial charge in [0.25, 0.3) is 0 Å². The van der Waals surface area contributed by atoms with Crippen LogP contribution in [0.3, 0.4) is 0 Å². The number of ether oxygens (including phenoxy) is 2. The lowest BCUT2D eigenvalue weighted by atomic mass is 10.2. The third-order valence-corrected chi connectivity index (χ3v) is 1.81. The minimum atomic E-state index is -0.430. The summed E-state index contributed by atoms with van der Waals surface area (Å²) in [6.45, 7) is 1.66. The van der Waals surface area contributed by atoms with E-state index in [2.05, 4.69) is 0 Å². The SMILES string of the molecule is OC1CCOCC(O)CCOC1. The molecule has 0 aliphatic carbocycles. The molecule has 1 aliphatic heterocycles. The molecule has 2 atom stereocenters. The maximum absolute atomic E-state index is 9.23. The molecule has 0 radical (unpaired) electrons. The van der Waals surface area contributed by atoms with E-state index >= 15 is 0 Å². The van der Waals surface area contributed by atoms with Crippen molar-refractivity contribution < 1.29 is 19.7 Å². The highest BCUT2D eigenvalue weighted by Gasteiger charge is 2.10. The number of hydrogen-bond acceptors (Lipinski definition) is 4. The van der Waals surface area contributed by atoms with Crippen LogP contribution in [0.1, 0.15) is 12.8 Å². The summed E-state index contributed by atoms with van der Waals surface area (Å²) in [5.74, 6) is 0. The van der Waals surface area contributed by atoms with Crippen LogP contribution in [0.4, 0.5) is 0 Å². The Bertz CT molecular complexity index is 91.6. The van der Waals surface area contributed by atoms with Crippen molar-refractivity contribution in [1.82, 2.24) is 0 Å². The third kappa shape index (κ3) is 4.01. The van der Waals surface area contributed by atoms with Crippen LogP contribution in [0.2, 0.25) is 0 Å². The van der Waals surface area contributed by atoms with E-state index in [0.717, 1.165) is 0 Å². The number of aliphatic hydroxyl groups is 2. The average Bonchev–Trinajstić information content (AvgIpc) is 2.06. The predicted molar refractivity (Wildman–Crippen MR) is 42.9 cm³/mol. The van der Waals surface area contributed by atoms with E-state index in [0.29, 0.717) is 39.3 Å². The van der Waals surface area contributed by atoms with Crippen LogP contribution in [-0.2, 0) is 9.47 Å². The smallest absolute Gasteiger partial charge is 0.0795 e. The first kappa shape index (κ1) is 9.92. The standard InChI is InChI=1S/C8H16O4/c9-7-1-3-11-6-8(10)2-4-12-5-7/h7-10H,1-6H2. The molecular weight excluding hydrogens is 160 g/mol. The van der Waals surface area contributed by atoms with Crippen molar-refractivity contribution in [3.63, 3.8) is 0 Å². The topological polar surface area (TPSA) is 58.9 Å². The van der Waals surface area contributed by atoms with Crippen LogP contribution in [0.15, 0.2) is 0 Å². The number of hydrogen-bond donors (Lipinski definition) is 2. The van der Waals surface area contributed by atoms with Crippen LogP contribution in [0, 0.1) is 0 Å². The van der Waals surface area contributed by atoms with Gasteiger partial charge in [-0.25, -0.2) is 0 Å². The van der Waals surface area contributed by atoms with Gasteiger partial charge in [-0.1, -0.05) is 0 Å². The summed E-state index contributed by atoms with van der Waals surface area (Å²) >= 11 is 0. The van der Waals surface area contributed by atoms with Crippen molar-refractivity contribution in [2.24, 2.45) is 0 Å². The Morgan fingerprint density at radius 1 is 0.833 bits per heavy atom. The highest BCUT2D eigenvalue weighted by molar-refractivity contribution is 4.58. The summed E-state index contributed by atoms with van der Waals surface area (Å²) in [6.07, 6.45) is 0.292. The lowest BCUT2D eigenvalue weighted by Crippen LogP contribution is -2.25. The summed E-state index contributed by atoms with van der Waals surface area (Å²) in [7, 11) is 0. The molecule has 0 aromatic heterocycles. The van der Waals surface area contributed by atoms with Gasteiger partial charge in [0.15, 0.2) is 0 Å². The van der Waals surface area contributed by atoms with E-state index in [-0.39, 0.29) is 0 Å². The third-order valence-electron chi connectivity index (χ3n) is 1.81. The van der Waals surface area contributed by atoms with Crippen LogP contribution in [0.5, 0.6) is 0 Å². The van der Waals surface area contributed by atoms with Gasteiger partial charge in [0.05, 0.1) is 25.4 Å². The van der Waals surface area contributed by atoms with Gasteiger partial charge in [0, 0.05) is 13.2 Å². The first-order valence-electron chi connectivity index (χ1n) is 4.30. The number of rotatable bonds is 0. The highest BCUT2D eigenvalue weighted by atomic mass is 16.5. The summed E-state index contributed by atoms with van der Waals surface area (Å²) in [4.78, 5) is 0. The van der Waals surface area contributed by atoms with E-state index in [1.165, 1.54) is 0 Å². The molecule has 1 heterocycles.